The fourth-order valence-electron chi connectivity index (χ4n) is 1.45. The van der Waals surface area contributed by atoms with Crippen LogP contribution in [-0.2, 0) is 0 Å². The van der Waals surface area contributed by atoms with E-state index in [0.29, 0.717) is 5.92 Å². The lowest BCUT2D eigenvalue weighted by molar-refractivity contribution is 0.284. The predicted molar refractivity (Wildman–Crippen MR) is 64.2 cm³/mol. The van der Waals surface area contributed by atoms with Gasteiger partial charge in [-0.05, 0) is 44.4 Å². The van der Waals surface area contributed by atoms with Crippen molar-refractivity contribution in [3.8, 4) is 5.75 Å². The molecule has 1 atom stereocenters. The Labute approximate surface area is 92.4 Å². The number of rotatable bonds is 5. The lowest BCUT2D eigenvalue weighted by atomic mass is 10.1. The molecule has 0 bridgehead atoms. The van der Waals surface area contributed by atoms with E-state index < -0.39 is 0 Å². The largest absolute Gasteiger partial charge is 0.493 e. The molecule has 0 aliphatic carbocycles. The van der Waals surface area contributed by atoms with E-state index >= 15 is 0 Å². The summed E-state index contributed by atoms with van der Waals surface area (Å²) in [4.78, 5) is 0. The fraction of sp³-hybridized carbons (Fsp3) is 0.538. The number of aryl methyl sites for hydroxylation is 2. The first-order valence-electron chi connectivity index (χ1n) is 5.53. The molecular weight excluding hydrogens is 186 g/mol. The van der Waals surface area contributed by atoms with Gasteiger partial charge in [-0.15, -0.1) is 0 Å². The lowest BCUT2D eigenvalue weighted by Crippen LogP contribution is -2.14. The average Bonchev–Trinajstić information content (AvgIpc) is 2.21. The summed E-state index contributed by atoms with van der Waals surface area (Å²) in [6, 6.07) is 6.26. The van der Waals surface area contributed by atoms with Gasteiger partial charge in [-0.1, -0.05) is 24.6 Å². The van der Waals surface area contributed by atoms with Crippen molar-refractivity contribution in [3.63, 3.8) is 0 Å². The van der Waals surface area contributed by atoms with Crippen LogP contribution in [0.3, 0.4) is 0 Å². The second-order valence-electron chi connectivity index (χ2n) is 4.25. The molecule has 0 aliphatic rings. The summed E-state index contributed by atoms with van der Waals surface area (Å²) < 4.78 is 5.71. The molecule has 15 heavy (non-hydrogen) atoms. The van der Waals surface area contributed by atoms with Gasteiger partial charge < -0.3 is 10.5 Å². The molecule has 0 spiro atoms. The minimum absolute atomic E-state index is 0.538. The van der Waals surface area contributed by atoms with Crippen molar-refractivity contribution in [1.29, 1.82) is 0 Å². The second kappa shape index (κ2) is 5.76. The SMILES string of the molecule is Cc1ccc(OCCC(C)CN)c(C)c1. The van der Waals surface area contributed by atoms with Gasteiger partial charge in [-0.2, -0.15) is 0 Å². The highest BCUT2D eigenvalue weighted by atomic mass is 16.5. The van der Waals surface area contributed by atoms with Gasteiger partial charge >= 0.3 is 0 Å². The third-order valence-electron chi connectivity index (χ3n) is 2.60. The Kier molecular flexibility index (Phi) is 4.63. The summed E-state index contributed by atoms with van der Waals surface area (Å²) in [7, 11) is 0. The maximum absolute atomic E-state index is 5.71. The average molecular weight is 207 g/mol. The molecule has 2 nitrogen and oxygen atoms in total. The topological polar surface area (TPSA) is 35.2 Å². The van der Waals surface area contributed by atoms with E-state index in [1.165, 1.54) is 11.1 Å². The maximum atomic E-state index is 5.71. The Morgan fingerprint density at radius 2 is 2.07 bits per heavy atom. The van der Waals surface area contributed by atoms with Crippen molar-refractivity contribution in [1.82, 2.24) is 0 Å². The molecule has 1 unspecified atom stereocenters. The van der Waals surface area contributed by atoms with Crippen LogP contribution in [0.1, 0.15) is 24.5 Å². The zero-order valence-electron chi connectivity index (χ0n) is 9.92. The Morgan fingerprint density at radius 3 is 2.67 bits per heavy atom. The number of benzene rings is 1. The Morgan fingerprint density at radius 1 is 1.33 bits per heavy atom. The minimum atomic E-state index is 0.538. The summed E-state index contributed by atoms with van der Waals surface area (Å²) in [5.74, 6) is 1.53. The molecule has 0 saturated carbocycles. The lowest BCUT2D eigenvalue weighted by Gasteiger charge is -2.12. The summed E-state index contributed by atoms with van der Waals surface area (Å²) >= 11 is 0. The van der Waals surface area contributed by atoms with Crippen LogP contribution in [0.4, 0.5) is 0 Å². The summed E-state index contributed by atoms with van der Waals surface area (Å²) in [5.41, 5.74) is 8.02. The summed E-state index contributed by atoms with van der Waals surface area (Å²) in [6.45, 7) is 7.80. The van der Waals surface area contributed by atoms with Gasteiger partial charge in [-0.25, -0.2) is 0 Å². The predicted octanol–water partition coefficient (Wildman–Crippen LogP) is 2.67. The molecule has 0 fully saturated rings. The molecule has 0 radical (unpaired) electrons. The zero-order valence-corrected chi connectivity index (χ0v) is 9.92. The monoisotopic (exact) mass is 207 g/mol. The quantitative estimate of drug-likeness (QED) is 0.805. The van der Waals surface area contributed by atoms with Crippen LogP contribution in [-0.4, -0.2) is 13.2 Å². The molecule has 1 aromatic rings. The fourth-order valence-corrected chi connectivity index (χ4v) is 1.45. The second-order valence-corrected chi connectivity index (χ2v) is 4.25. The van der Waals surface area contributed by atoms with Gasteiger partial charge in [0.05, 0.1) is 6.61 Å². The van der Waals surface area contributed by atoms with Gasteiger partial charge in [0, 0.05) is 0 Å². The van der Waals surface area contributed by atoms with Crippen molar-refractivity contribution >= 4 is 0 Å². The number of hydrogen-bond donors (Lipinski definition) is 1. The van der Waals surface area contributed by atoms with E-state index in [4.69, 9.17) is 10.5 Å². The summed E-state index contributed by atoms with van der Waals surface area (Å²) in [5, 5.41) is 0. The highest BCUT2D eigenvalue weighted by Crippen LogP contribution is 2.19. The van der Waals surface area contributed by atoms with E-state index in [1.54, 1.807) is 0 Å². The van der Waals surface area contributed by atoms with Crippen molar-refractivity contribution in [3.05, 3.63) is 29.3 Å². The van der Waals surface area contributed by atoms with Gasteiger partial charge in [0.1, 0.15) is 5.75 Å². The van der Waals surface area contributed by atoms with Crippen molar-refractivity contribution in [2.75, 3.05) is 13.2 Å². The number of ether oxygens (including phenoxy) is 1. The molecule has 1 rings (SSSR count). The van der Waals surface area contributed by atoms with Gasteiger partial charge in [0.2, 0.25) is 0 Å². The molecule has 0 aromatic heterocycles. The molecule has 0 saturated heterocycles. The van der Waals surface area contributed by atoms with Crippen molar-refractivity contribution in [2.45, 2.75) is 27.2 Å². The Bertz CT molecular complexity index is 309. The Hall–Kier alpha value is -1.02. The van der Waals surface area contributed by atoms with Crippen LogP contribution < -0.4 is 10.5 Å². The maximum Gasteiger partial charge on any atom is 0.122 e. The zero-order chi connectivity index (χ0) is 11.3. The van der Waals surface area contributed by atoms with E-state index in [1.807, 2.05) is 6.07 Å². The van der Waals surface area contributed by atoms with Gasteiger partial charge in [0.25, 0.3) is 0 Å². The third-order valence-corrected chi connectivity index (χ3v) is 2.60. The van der Waals surface area contributed by atoms with Crippen LogP contribution >= 0.6 is 0 Å². The van der Waals surface area contributed by atoms with Crippen LogP contribution in [0.2, 0.25) is 0 Å². The van der Waals surface area contributed by atoms with Gasteiger partial charge in [-0.3, -0.25) is 0 Å². The summed E-state index contributed by atoms with van der Waals surface area (Å²) in [6.07, 6.45) is 1.02. The molecular formula is C13H21NO. The highest BCUT2D eigenvalue weighted by Gasteiger charge is 2.02. The van der Waals surface area contributed by atoms with Crippen LogP contribution in [0.5, 0.6) is 5.75 Å². The number of hydrogen-bond acceptors (Lipinski definition) is 2. The number of nitrogens with two attached hydrogens (primary N) is 1. The highest BCUT2D eigenvalue weighted by molar-refractivity contribution is 5.35. The normalized spacial score (nSPS) is 12.5. The molecule has 84 valence electrons. The van der Waals surface area contributed by atoms with Crippen molar-refractivity contribution < 1.29 is 4.74 Å². The first kappa shape index (κ1) is 12.1. The third kappa shape index (κ3) is 3.92. The van der Waals surface area contributed by atoms with E-state index in [0.717, 1.165) is 25.3 Å². The van der Waals surface area contributed by atoms with E-state index in [-0.39, 0.29) is 0 Å². The molecule has 0 heterocycles. The molecule has 0 aliphatic heterocycles. The smallest absolute Gasteiger partial charge is 0.122 e. The van der Waals surface area contributed by atoms with E-state index in [2.05, 4.69) is 32.9 Å². The minimum Gasteiger partial charge on any atom is -0.493 e. The first-order chi connectivity index (χ1) is 7.13. The van der Waals surface area contributed by atoms with Gasteiger partial charge in [0.15, 0.2) is 0 Å². The standard InChI is InChI=1S/C13H21NO/c1-10-4-5-13(12(3)8-10)15-7-6-11(2)9-14/h4-5,8,11H,6-7,9,14H2,1-3H3. The van der Waals surface area contributed by atoms with Crippen molar-refractivity contribution in [2.24, 2.45) is 11.7 Å². The molecule has 2 N–H and O–H groups in total. The Balaban J connectivity index is 2.44. The van der Waals surface area contributed by atoms with Crippen LogP contribution in [0.15, 0.2) is 18.2 Å². The van der Waals surface area contributed by atoms with E-state index in [9.17, 15) is 0 Å². The molecule has 1 aromatic carbocycles. The first-order valence-corrected chi connectivity index (χ1v) is 5.53. The van der Waals surface area contributed by atoms with Crippen LogP contribution in [0, 0.1) is 19.8 Å². The van der Waals surface area contributed by atoms with Crippen LogP contribution in [0.25, 0.3) is 0 Å². The molecule has 0 amide bonds. The molecule has 2 heteroatoms.